The number of nitrogens with two attached hydrogens (primary N) is 1. The number of fused-ring (bicyclic) bond motifs is 3. The molecule has 1 fully saturated rings. The van der Waals surface area contributed by atoms with Crippen molar-refractivity contribution in [3.63, 3.8) is 0 Å². The SMILES string of the molecule is Cc1nc(N[C@H](C)c2cc(N)cc(C(F)(F)F)c2)c2cc(N(C)C3COC3)c3c(c2n1)CCC3. The number of aryl methyl sites for hydroxylation is 2. The van der Waals surface area contributed by atoms with Gasteiger partial charge in [-0.2, -0.15) is 13.2 Å². The van der Waals surface area contributed by atoms with E-state index in [9.17, 15) is 13.2 Å². The number of aromatic nitrogens is 2. The number of anilines is 3. The summed E-state index contributed by atoms with van der Waals surface area (Å²) in [6.07, 6.45) is -1.44. The van der Waals surface area contributed by atoms with Gasteiger partial charge in [0.15, 0.2) is 0 Å². The molecule has 0 bridgehead atoms. The maximum Gasteiger partial charge on any atom is 0.416 e. The number of nitrogens with zero attached hydrogens (tertiary/aromatic N) is 3. The van der Waals surface area contributed by atoms with E-state index in [2.05, 4.69) is 28.3 Å². The summed E-state index contributed by atoms with van der Waals surface area (Å²) in [5.74, 6) is 1.23. The third-order valence-corrected chi connectivity index (χ3v) is 6.86. The summed E-state index contributed by atoms with van der Waals surface area (Å²) in [6, 6.07) is 5.66. The van der Waals surface area contributed by atoms with Crippen molar-refractivity contribution >= 4 is 28.1 Å². The summed E-state index contributed by atoms with van der Waals surface area (Å²) in [5, 5.41) is 4.22. The number of alkyl halides is 3. The van der Waals surface area contributed by atoms with E-state index >= 15 is 0 Å². The molecule has 0 unspecified atom stereocenters. The molecule has 3 aromatic rings. The van der Waals surface area contributed by atoms with Gasteiger partial charge in [-0.3, -0.25) is 0 Å². The molecule has 0 saturated carbocycles. The molecule has 2 aromatic carbocycles. The molecule has 1 aliphatic carbocycles. The second-order valence-electron chi connectivity index (χ2n) is 9.28. The summed E-state index contributed by atoms with van der Waals surface area (Å²) in [7, 11) is 2.09. The van der Waals surface area contributed by atoms with E-state index in [4.69, 9.17) is 15.5 Å². The van der Waals surface area contributed by atoms with Crippen molar-refractivity contribution in [2.24, 2.45) is 0 Å². The quantitative estimate of drug-likeness (QED) is 0.508. The van der Waals surface area contributed by atoms with Crippen LogP contribution in [0.3, 0.4) is 0 Å². The minimum atomic E-state index is -4.46. The summed E-state index contributed by atoms with van der Waals surface area (Å²) >= 11 is 0. The van der Waals surface area contributed by atoms with Crippen molar-refractivity contribution in [2.75, 3.05) is 36.2 Å². The lowest BCUT2D eigenvalue weighted by Crippen LogP contribution is -2.47. The molecule has 1 aromatic heterocycles. The average Bonchev–Trinajstić information content (AvgIpc) is 3.21. The minimum Gasteiger partial charge on any atom is -0.399 e. The zero-order valence-corrected chi connectivity index (χ0v) is 19.5. The Bertz CT molecular complexity index is 1260. The van der Waals surface area contributed by atoms with Crippen LogP contribution in [0.25, 0.3) is 10.9 Å². The first-order valence-corrected chi connectivity index (χ1v) is 11.5. The summed E-state index contributed by atoms with van der Waals surface area (Å²) < 4.78 is 45.4. The monoisotopic (exact) mass is 471 g/mol. The molecule has 0 spiro atoms. The molecule has 5 rings (SSSR count). The first kappa shape index (κ1) is 22.7. The van der Waals surface area contributed by atoms with Crippen molar-refractivity contribution in [1.29, 1.82) is 0 Å². The Labute approximate surface area is 196 Å². The van der Waals surface area contributed by atoms with Crippen molar-refractivity contribution in [2.45, 2.75) is 51.4 Å². The van der Waals surface area contributed by atoms with Crippen LogP contribution in [0.15, 0.2) is 24.3 Å². The first-order valence-electron chi connectivity index (χ1n) is 11.5. The van der Waals surface area contributed by atoms with Crippen LogP contribution in [0.5, 0.6) is 0 Å². The van der Waals surface area contributed by atoms with Crippen LogP contribution < -0.4 is 16.0 Å². The standard InChI is InChI=1S/C25H28F3N5O/c1-13(15-7-16(25(26,27)28)9-17(29)8-15)30-24-21-10-22(33(3)18-11-34-12-18)19-5-4-6-20(19)23(21)31-14(2)32-24/h7-10,13,18H,4-6,11-12,29H2,1-3H3,(H,30,31,32)/t13-/m1/s1. The fourth-order valence-electron chi connectivity index (χ4n) is 4.91. The maximum atomic E-state index is 13.3. The summed E-state index contributed by atoms with van der Waals surface area (Å²) in [4.78, 5) is 11.7. The van der Waals surface area contributed by atoms with E-state index in [0.717, 1.165) is 48.0 Å². The van der Waals surface area contributed by atoms with Gasteiger partial charge in [-0.15, -0.1) is 0 Å². The van der Waals surface area contributed by atoms with Crippen LogP contribution in [-0.4, -0.2) is 36.3 Å². The zero-order valence-electron chi connectivity index (χ0n) is 19.5. The fraction of sp³-hybridized carbons (Fsp3) is 0.440. The number of hydrogen-bond donors (Lipinski definition) is 2. The van der Waals surface area contributed by atoms with E-state index in [0.29, 0.717) is 36.5 Å². The molecule has 180 valence electrons. The third kappa shape index (κ3) is 4.02. The van der Waals surface area contributed by atoms with Gasteiger partial charge in [0.05, 0.1) is 36.4 Å². The molecule has 2 heterocycles. The Hall–Kier alpha value is -3.07. The Balaban J connectivity index is 1.58. The van der Waals surface area contributed by atoms with Gasteiger partial charge in [0.2, 0.25) is 0 Å². The van der Waals surface area contributed by atoms with E-state index in [1.165, 1.54) is 11.1 Å². The van der Waals surface area contributed by atoms with Gasteiger partial charge >= 0.3 is 6.18 Å². The predicted molar refractivity (Wildman–Crippen MR) is 127 cm³/mol. The number of nitrogens with one attached hydrogen (secondary N) is 1. The molecule has 1 atom stereocenters. The van der Waals surface area contributed by atoms with Crippen molar-refractivity contribution in [3.05, 3.63) is 52.3 Å². The number of halogens is 3. The molecule has 1 aliphatic heterocycles. The number of likely N-dealkylation sites (N-methyl/N-ethyl adjacent to an activating group) is 1. The molecule has 2 aliphatic rings. The second-order valence-corrected chi connectivity index (χ2v) is 9.28. The maximum absolute atomic E-state index is 13.3. The number of ether oxygens (including phenoxy) is 1. The molecule has 9 heteroatoms. The van der Waals surface area contributed by atoms with Crippen LogP contribution in [0, 0.1) is 6.92 Å². The fourth-order valence-corrected chi connectivity index (χ4v) is 4.91. The van der Waals surface area contributed by atoms with Crippen LogP contribution in [-0.2, 0) is 23.8 Å². The molecule has 0 radical (unpaired) electrons. The van der Waals surface area contributed by atoms with Gasteiger partial charge in [-0.05, 0) is 74.1 Å². The van der Waals surface area contributed by atoms with E-state index in [1.807, 2.05) is 13.8 Å². The lowest BCUT2D eigenvalue weighted by Gasteiger charge is -2.37. The Morgan fingerprint density at radius 1 is 1.12 bits per heavy atom. The van der Waals surface area contributed by atoms with Gasteiger partial charge in [0.25, 0.3) is 0 Å². The van der Waals surface area contributed by atoms with Crippen LogP contribution >= 0.6 is 0 Å². The topological polar surface area (TPSA) is 76.3 Å². The Morgan fingerprint density at radius 3 is 2.53 bits per heavy atom. The van der Waals surface area contributed by atoms with Crippen molar-refractivity contribution in [3.8, 4) is 0 Å². The highest BCUT2D eigenvalue weighted by atomic mass is 19.4. The molecule has 3 N–H and O–H groups in total. The molecule has 1 saturated heterocycles. The summed E-state index contributed by atoms with van der Waals surface area (Å²) in [5.41, 5.74) is 10.2. The van der Waals surface area contributed by atoms with Crippen molar-refractivity contribution in [1.82, 2.24) is 9.97 Å². The molecular formula is C25H28F3N5O. The second kappa shape index (κ2) is 8.30. The normalized spacial score (nSPS) is 16.9. The lowest BCUT2D eigenvalue weighted by molar-refractivity contribution is -0.137. The van der Waals surface area contributed by atoms with Gasteiger partial charge < -0.3 is 20.7 Å². The predicted octanol–water partition coefficient (Wildman–Crippen LogP) is 5.04. The molecule has 34 heavy (non-hydrogen) atoms. The molecular weight excluding hydrogens is 443 g/mol. The minimum absolute atomic E-state index is 0.0756. The highest BCUT2D eigenvalue weighted by Gasteiger charge is 2.32. The first-order chi connectivity index (χ1) is 16.1. The number of rotatable bonds is 5. The van der Waals surface area contributed by atoms with Gasteiger partial charge in [0, 0.05) is 23.8 Å². The lowest BCUT2D eigenvalue weighted by atomic mass is 10.0. The van der Waals surface area contributed by atoms with E-state index < -0.39 is 17.8 Å². The Morgan fingerprint density at radius 2 is 1.85 bits per heavy atom. The van der Waals surface area contributed by atoms with Crippen molar-refractivity contribution < 1.29 is 17.9 Å². The van der Waals surface area contributed by atoms with Crippen LogP contribution in [0.1, 0.15) is 47.5 Å². The Kier molecular flexibility index (Phi) is 5.55. The highest BCUT2D eigenvalue weighted by Crippen LogP contribution is 2.40. The van der Waals surface area contributed by atoms with E-state index in [1.54, 1.807) is 6.07 Å². The number of nitrogen functional groups attached to an aromatic ring is 1. The average molecular weight is 472 g/mol. The van der Waals surface area contributed by atoms with Gasteiger partial charge in [-0.1, -0.05) is 0 Å². The van der Waals surface area contributed by atoms with Crippen LogP contribution in [0.4, 0.5) is 30.4 Å². The third-order valence-electron chi connectivity index (χ3n) is 6.86. The number of benzene rings is 2. The highest BCUT2D eigenvalue weighted by molar-refractivity contribution is 5.96. The van der Waals surface area contributed by atoms with Gasteiger partial charge in [0.1, 0.15) is 11.6 Å². The summed E-state index contributed by atoms with van der Waals surface area (Å²) in [6.45, 7) is 5.05. The van der Waals surface area contributed by atoms with E-state index in [-0.39, 0.29) is 5.69 Å². The molecule has 6 nitrogen and oxygen atoms in total. The number of hydrogen-bond acceptors (Lipinski definition) is 6. The molecule has 0 amide bonds. The van der Waals surface area contributed by atoms with Crippen LogP contribution in [0.2, 0.25) is 0 Å². The zero-order chi connectivity index (χ0) is 24.2. The smallest absolute Gasteiger partial charge is 0.399 e. The van der Waals surface area contributed by atoms with Gasteiger partial charge in [-0.25, -0.2) is 9.97 Å². The largest absolute Gasteiger partial charge is 0.416 e.